The van der Waals surface area contributed by atoms with Gasteiger partial charge in [-0.1, -0.05) is 23.9 Å². The number of thioether (sulfide) groups is 1. The van der Waals surface area contributed by atoms with Crippen LogP contribution in [0.25, 0.3) is 10.7 Å². The minimum atomic E-state index is -0.387. The Labute approximate surface area is 170 Å². The van der Waals surface area contributed by atoms with Crippen molar-refractivity contribution in [1.82, 2.24) is 14.8 Å². The molecule has 1 aliphatic heterocycles. The van der Waals surface area contributed by atoms with Gasteiger partial charge in [-0.2, -0.15) is 0 Å². The van der Waals surface area contributed by atoms with E-state index in [2.05, 4.69) is 15.5 Å². The molecule has 6 nitrogen and oxygen atoms in total. The van der Waals surface area contributed by atoms with Crippen molar-refractivity contribution in [1.29, 1.82) is 0 Å². The average molecular weight is 419 g/mol. The standard InChI is InChI=1S/C19H19FN4O2S2/c20-13-4-1-5-14(10-13)21-17(25)12-28-19-23-22-18(16-7-3-9-27-16)24(19)11-15-6-2-8-26-15/h1,3-5,7,9-10,15H,2,6,8,11-12H2,(H,21,25). The zero-order valence-electron chi connectivity index (χ0n) is 15.0. The number of thiophene rings is 1. The number of nitrogens with zero attached hydrogens (tertiary/aromatic N) is 3. The van der Waals surface area contributed by atoms with E-state index in [1.54, 1.807) is 23.5 Å². The third-order valence-electron chi connectivity index (χ3n) is 4.31. The Balaban J connectivity index is 1.46. The topological polar surface area (TPSA) is 69.0 Å². The van der Waals surface area contributed by atoms with Crippen LogP contribution < -0.4 is 5.32 Å². The lowest BCUT2D eigenvalue weighted by Crippen LogP contribution is -2.18. The van der Waals surface area contributed by atoms with Gasteiger partial charge in [-0.05, 0) is 42.5 Å². The summed E-state index contributed by atoms with van der Waals surface area (Å²) in [4.78, 5) is 13.3. The van der Waals surface area contributed by atoms with E-state index in [4.69, 9.17) is 4.74 Å². The number of anilines is 1. The van der Waals surface area contributed by atoms with E-state index in [9.17, 15) is 9.18 Å². The molecule has 0 radical (unpaired) electrons. The second kappa shape index (κ2) is 8.85. The van der Waals surface area contributed by atoms with Crippen LogP contribution in [0.5, 0.6) is 0 Å². The molecule has 0 spiro atoms. The second-order valence-corrected chi connectivity index (χ2v) is 8.27. The normalized spacial score (nSPS) is 16.4. The molecule has 0 bridgehead atoms. The minimum absolute atomic E-state index is 0.134. The maximum atomic E-state index is 13.3. The summed E-state index contributed by atoms with van der Waals surface area (Å²) in [6.45, 7) is 1.44. The van der Waals surface area contributed by atoms with E-state index in [1.165, 1.54) is 23.9 Å². The molecule has 0 aliphatic carbocycles. The summed E-state index contributed by atoms with van der Waals surface area (Å²) in [5.41, 5.74) is 0.436. The van der Waals surface area contributed by atoms with Crippen LogP contribution in [0.15, 0.2) is 46.9 Å². The van der Waals surface area contributed by atoms with Crippen LogP contribution in [0.3, 0.4) is 0 Å². The third kappa shape index (κ3) is 4.60. The van der Waals surface area contributed by atoms with Crippen LogP contribution in [0.1, 0.15) is 12.8 Å². The molecule has 1 aliphatic rings. The molecule has 146 valence electrons. The first kappa shape index (κ1) is 19.1. The Kier molecular flexibility index (Phi) is 6.04. The smallest absolute Gasteiger partial charge is 0.234 e. The van der Waals surface area contributed by atoms with Gasteiger partial charge in [-0.3, -0.25) is 9.36 Å². The Morgan fingerprint density at radius 1 is 1.36 bits per heavy atom. The zero-order valence-corrected chi connectivity index (χ0v) is 16.6. The summed E-state index contributed by atoms with van der Waals surface area (Å²) >= 11 is 2.91. The summed E-state index contributed by atoms with van der Waals surface area (Å²) in [5.74, 6) is 0.339. The summed E-state index contributed by atoms with van der Waals surface area (Å²) in [6, 6.07) is 9.82. The molecule has 3 aromatic rings. The van der Waals surface area contributed by atoms with E-state index < -0.39 is 0 Å². The van der Waals surface area contributed by atoms with Gasteiger partial charge in [0.25, 0.3) is 0 Å². The Morgan fingerprint density at radius 3 is 3.04 bits per heavy atom. The Morgan fingerprint density at radius 2 is 2.29 bits per heavy atom. The van der Waals surface area contributed by atoms with Gasteiger partial charge in [-0.15, -0.1) is 21.5 Å². The molecule has 1 aromatic carbocycles. The second-order valence-electron chi connectivity index (χ2n) is 6.38. The average Bonchev–Trinajstić information content (AvgIpc) is 3.43. The van der Waals surface area contributed by atoms with Crippen molar-refractivity contribution in [2.24, 2.45) is 0 Å². The van der Waals surface area contributed by atoms with E-state index >= 15 is 0 Å². The number of nitrogens with one attached hydrogen (secondary N) is 1. The lowest BCUT2D eigenvalue weighted by Gasteiger charge is -2.14. The first-order valence-electron chi connectivity index (χ1n) is 8.96. The molecule has 4 rings (SSSR count). The van der Waals surface area contributed by atoms with Gasteiger partial charge in [0, 0.05) is 12.3 Å². The van der Waals surface area contributed by atoms with E-state index in [0.717, 1.165) is 30.2 Å². The maximum absolute atomic E-state index is 13.3. The Hall–Kier alpha value is -2.23. The number of amides is 1. The highest BCUT2D eigenvalue weighted by Crippen LogP contribution is 2.29. The largest absolute Gasteiger partial charge is 0.376 e. The number of halogens is 1. The molecule has 1 atom stereocenters. The molecule has 1 amide bonds. The molecule has 0 saturated carbocycles. The fourth-order valence-electron chi connectivity index (χ4n) is 3.03. The van der Waals surface area contributed by atoms with Crippen LogP contribution in [0.4, 0.5) is 10.1 Å². The summed E-state index contributed by atoms with van der Waals surface area (Å²) in [5, 5.41) is 14.0. The van der Waals surface area contributed by atoms with Crippen LogP contribution in [0.2, 0.25) is 0 Å². The highest BCUT2D eigenvalue weighted by molar-refractivity contribution is 7.99. The maximum Gasteiger partial charge on any atom is 0.234 e. The van der Waals surface area contributed by atoms with Crippen molar-refractivity contribution >= 4 is 34.7 Å². The monoisotopic (exact) mass is 418 g/mol. The predicted molar refractivity (Wildman–Crippen MR) is 108 cm³/mol. The number of rotatable bonds is 7. The number of aromatic nitrogens is 3. The number of hydrogen-bond acceptors (Lipinski definition) is 6. The van der Waals surface area contributed by atoms with Crippen molar-refractivity contribution in [2.45, 2.75) is 30.6 Å². The van der Waals surface area contributed by atoms with Gasteiger partial charge in [0.2, 0.25) is 5.91 Å². The van der Waals surface area contributed by atoms with Gasteiger partial charge in [0.15, 0.2) is 11.0 Å². The van der Waals surface area contributed by atoms with Crippen LogP contribution in [-0.4, -0.2) is 39.1 Å². The molecule has 9 heteroatoms. The number of carbonyl (C=O) groups is 1. The molecule has 3 heterocycles. The van der Waals surface area contributed by atoms with Gasteiger partial charge < -0.3 is 10.1 Å². The Bertz CT molecular complexity index is 939. The van der Waals surface area contributed by atoms with E-state index in [1.807, 2.05) is 22.1 Å². The molecular weight excluding hydrogens is 399 g/mol. The molecule has 2 aromatic heterocycles. The number of benzene rings is 1. The van der Waals surface area contributed by atoms with Crippen molar-refractivity contribution in [3.05, 3.63) is 47.6 Å². The summed E-state index contributed by atoms with van der Waals surface area (Å²) < 4.78 is 21.1. The van der Waals surface area contributed by atoms with Gasteiger partial charge in [0.1, 0.15) is 5.82 Å². The van der Waals surface area contributed by atoms with Gasteiger partial charge >= 0.3 is 0 Å². The van der Waals surface area contributed by atoms with E-state index in [0.29, 0.717) is 17.4 Å². The fourth-order valence-corrected chi connectivity index (χ4v) is 4.50. The third-order valence-corrected chi connectivity index (χ3v) is 6.14. The molecule has 1 N–H and O–H groups in total. The van der Waals surface area contributed by atoms with Gasteiger partial charge in [-0.25, -0.2) is 4.39 Å². The first-order valence-corrected chi connectivity index (χ1v) is 10.8. The van der Waals surface area contributed by atoms with Gasteiger partial charge in [0.05, 0.1) is 23.3 Å². The number of hydrogen-bond donors (Lipinski definition) is 1. The summed E-state index contributed by atoms with van der Waals surface area (Å²) in [6.07, 6.45) is 2.20. The lowest BCUT2D eigenvalue weighted by atomic mass is 10.2. The number of ether oxygens (including phenoxy) is 1. The molecule has 1 unspecified atom stereocenters. The highest BCUT2D eigenvalue weighted by Gasteiger charge is 2.22. The minimum Gasteiger partial charge on any atom is -0.376 e. The van der Waals surface area contributed by atoms with Crippen LogP contribution >= 0.6 is 23.1 Å². The zero-order chi connectivity index (χ0) is 19.3. The first-order chi connectivity index (χ1) is 13.7. The predicted octanol–water partition coefficient (Wildman–Crippen LogP) is 4.06. The molecule has 28 heavy (non-hydrogen) atoms. The van der Waals surface area contributed by atoms with Crippen molar-refractivity contribution < 1.29 is 13.9 Å². The summed E-state index contributed by atoms with van der Waals surface area (Å²) in [7, 11) is 0. The highest BCUT2D eigenvalue weighted by atomic mass is 32.2. The van der Waals surface area contributed by atoms with E-state index in [-0.39, 0.29) is 23.6 Å². The number of carbonyl (C=O) groups excluding carboxylic acids is 1. The lowest BCUT2D eigenvalue weighted by molar-refractivity contribution is -0.113. The van der Waals surface area contributed by atoms with Crippen molar-refractivity contribution in [2.75, 3.05) is 17.7 Å². The quantitative estimate of drug-likeness (QED) is 0.586. The molecular formula is C19H19FN4O2S2. The van der Waals surface area contributed by atoms with Crippen LogP contribution in [-0.2, 0) is 16.1 Å². The van der Waals surface area contributed by atoms with Crippen LogP contribution in [0, 0.1) is 5.82 Å². The molecule has 1 fully saturated rings. The fraction of sp³-hybridized carbons (Fsp3) is 0.316. The molecule has 1 saturated heterocycles. The van der Waals surface area contributed by atoms with Crippen molar-refractivity contribution in [3.8, 4) is 10.7 Å². The van der Waals surface area contributed by atoms with Crippen molar-refractivity contribution in [3.63, 3.8) is 0 Å². The SMILES string of the molecule is O=C(CSc1nnc(-c2cccs2)n1CC1CCCO1)Nc1cccc(F)c1.